The first-order valence-corrected chi connectivity index (χ1v) is 36.5. The highest BCUT2D eigenvalue weighted by molar-refractivity contribution is 6.19. The fourth-order valence-corrected chi connectivity index (χ4v) is 16.5. The van der Waals surface area contributed by atoms with E-state index in [4.69, 9.17) is 0 Å². The maximum absolute atomic E-state index is 2.42. The molecule has 0 unspecified atom stereocenters. The van der Waals surface area contributed by atoms with Crippen LogP contribution in [0, 0.1) is 0 Å². The zero-order valence-electron chi connectivity index (χ0n) is 58.0. The Hall–Kier alpha value is -14.1. The van der Waals surface area contributed by atoms with E-state index in [1.807, 2.05) is 0 Å². The Morgan fingerprint density at radius 2 is 0.358 bits per heavy atom. The zero-order chi connectivity index (χ0) is 70.0. The van der Waals surface area contributed by atoms with Gasteiger partial charge in [0.25, 0.3) is 0 Å². The first-order valence-electron chi connectivity index (χ1n) is 36.5. The minimum Gasteiger partial charge on any atom is -0.309 e. The second-order valence-corrected chi connectivity index (χ2v) is 27.5. The number of aromatic nitrogens is 4. The standard InChI is InChI=1S/C54H36N2.C48H32N2/c1-4-15-37(16-5-1)41-33-42(38-17-6-2-7-18-38)35-43(34-41)39-27-30-45(31-28-39)56-51-25-13-11-22-48(51)54-46(23-14-26-53(54)56)40-29-32-52-49(36-40)47-21-10-12-24-50(47)55(52)44-19-8-3-9-20-44;1-3-12-33(13-4-1)34-22-24-35(25-23-34)36-26-29-39(30-27-36)50-45-20-10-8-17-42(45)48-40(18-11-21-47(48)50)37-28-31-46-43(32-37)41-16-7-9-19-44(41)49(46)38-14-5-2-6-15-38/h1-36H;1-32H. The molecule has 4 aromatic heterocycles. The van der Waals surface area contributed by atoms with Crippen LogP contribution in [0.3, 0.4) is 0 Å². The van der Waals surface area contributed by atoms with Crippen LogP contribution in [0.25, 0.3) is 188 Å². The van der Waals surface area contributed by atoms with E-state index >= 15 is 0 Å². The normalized spacial score (nSPS) is 11.6. The lowest BCUT2D eigenvalue weighted by Crippen LogP contribution is -1.94. The van der Waals surface area contributed by atoms with Crippen LogP contribution >= 0.6 is 0 Å². The molecule has 0 aliphatic carbocycles. The smallest absolute Gasteiger partial charge is 0.0547 e. The average molecular weight is 1350 g/mol. The van der Waals surface area contributed by atoms with Gasteiger partial charge < -0.3 is 18.3 Å². The molecule has 0 amide bonds. The molecular weight excluding hydrogens is 1280 g/mol. The third kappa shape index (κ3) is 10.7. The first kappa shape index (κ1) is 61.8. The van der Waals surface area contributed by atoms with Gasteiger partial charge in [0.15, 0.2) is 0 Å². The lowest BCUT2D eigenvalue weighted by molar-refractivity contribution is 1.18. The number of hydrogen-bond donors (Lipinski definition) is 0. The minimum absolute atomic E-state index is 1.14. The highest BCUT2D eigenvalue weighted by Gasteiger charge is 2.22. The summed E-state index contributed by atoms with van der Waals surface area (Å²) in [6, 6.07) is 150. The van der Waals surface area contributed by atoms with Gasteiger partial charge in [0.2, 0.25) is 0 Å². The largest absolute Gasteiger partial charge is 0.309 e. The summed E-state index contributed by atoms with van der Waals surface area (Å²) in [4.78, 5) is 0. The van der Waals surface area contributed by atoms with E-state index in [-0.39, 0.29) is 0 Å². The summed E-state index contributed by atoms with van der Waals surface area (Å²) in [6.45, 7) is 0. The third-order valence-electron chi connectivity index (χ3n) is 21.4. The second-order valence-electron chi connectivity index (χ2n) is 27.5. The second kappa shape index (κ2) is 26.1. The molecule has 0 saturated heterocycles. The van der Waals surface area contributed by atoms with Crippen molar-refractivity contribution in [3.05, 3.63) is 413 Å². The molecule has 0 bridgehead atoms. The number of para-hydroxylation sites is 6. The Bertz CT molecular complexity index is 6810. The molecule has 17 aromatic carbocycles. The third-order valence-corrected chi connectivity index (χ3v) is 21.4. The van der Waals surface area contributed by atoms with Crippen molar-refractivity contribution in [3.63, 3.8) is 0 Å². The maximum atomic E-state index is 2.42. The molecule has 106 heavy (non-hydrogen) atoms. The summed E-state index contributed by atoms with van der Waals surface area (Å²) < 4.78 is 9.59. The molecule has 0 spiro atoms. The maximum Gasteiger partial charge on any atom is 0.0547 e. The predicted octanol–water partition coefficient (Wildman–Crippen LogP) is 27.4. The van der Waals surface area contributed by atoms with Crippen molar-refractivity contribution in [3.8, 4) is 101 Å². The van der Waals surface area contributed by atoms with E-state index in [1.54, 1.807) is 0 Å². The molecule has 0 N–H and O–H groups in total. The highest BCUT2D eigenvalue weighted by atomic mass is 15.0. The van der Waals surface area contributed by atoms with E-state index in [2.05, 4.69) is 431 Å². The Balaban J connectivity index is 0.000000141. The van der Waals surface area contributed by atoms with Crippen LogP contribution in [0.4, 0.5) is 0 Å². The number of rotatable bonds is 11. The summed E-state index contributed by atoms with van der Waals surface area (Å²) in [5.74, 6) is 0. The Morgan fingerprint density at radius 1 is 0.123 bits per heavy atom. The van der Waals surface area contributed by atoms with E-state index < -0.39 is 0 Å². The van der Waals surface area contributed by atoms with Gasteiger partial charge >= 0.3 is 0 Å². The van der Waals surface area contributed by atoms with Gasteiger partial charge in [-0.1, -0.05) is 285 Å². The molecule has 4 nitrogen and oxygen atoms in total. The molecule has 0 atom stereocenters. The quantitative estimate of drug-likeness (QED) is 0.123. The van der Waals surface area contributed by atoms with Crippen molar-refractivity contribution in [1.82, 2.24) is 18.3 Å². The molecule has 0 aliphatic heterocycles. The topological polar surface area (TPSA) is 19.7 Å². The molecule has 4 heterocycles. The first-order chi connectivity index (χ1) is 52.6. The van der Waals surface area contributed by atoms with Crippen molar-refractivity contribution in [1.29, 1.82) is 0 Å². The van der Waals surface area contributed by atoms with E-state index in [0.29, 0.717) is 0 Å². The Labute approximate surface area is 614 Å². The van der Waals surface area contributed by atoms with Crippen LogP contribution < -0.4 is 0 Å². The van der Waals surface area contributed by atoms with Gasteiger partial charge in [-0.05, 0) is 205 Å². The monoisotopic (exact) mass is 1350 g/mol. The van der Waals surface area contributed by atoms with Gasteiger partial charge in [-0.15, -0.1) is 0 Å². The Morgan fingerprint density at radius 3 is 0.726 bits per heavy atom. The van der Waals surface area contributed by atoms with Gasteiger partial charge in [0.1, 0.15) is 0 Å². The summed E-state index contributed by atoms with van der Waals surface area (Å²) in [5, 5.41) is 10.1. The summed E-state index contributed by atoms with van der Waals surface area (Å²) in [6.07, 6.45) is 0. The summed E-state index contributed by atoms with van der Waals surface area (Å²) >= 11 is 0. The van der Waals surface area contributed by atoms with Crippen LogP contribution in [0.15, 0.2) is 413 Å². The number of hydrogen-bond acceptors (Lipinski definition) is 0. The van der Waals surface area contributed by atoms with Gasteiger partial charge in [0, 0.05) is 65.8 Å². The van der Waals surface area contributed by atoms with Crippen molar-refractivity contribution in [2.24, 2.45) is 0 Å². The van der Waals surface area contributed by atoms with Crippen LogP contribution in [0.5, 0.6) is 0 Å². The molecule has 0 fully saturated rings. The Kier molecular flexibility index (Phi) is 15.2. The molecule has 0 saturated carbocycles. The number of fused-ring (bicyclic) bond motifs is 12. The predicted molar refractivity (Wildman–Crippen MR) is 448 cm³/mol. The van der Waals surface area contributed by atoms with Crippen molar-refractivity contribution in [2.75, 3.05) is 0 Å². The lowest BCUT2D eigenvalue weighted by Gasteiger charge is -2.13. The molecule has 0 aliphatic rings. The molecular formula is C102H68N4. The van der Waals surface area contributed by atoms with Gasteiger partial charge in [-0.3, -0.25) is 0 Å². The molecule has 496 valence electrons. The van der Waals surface area contributed by atoms with Crippen molar-refractivity contribution < 1.29 is 0 Å². The van der Waals surface area contributed by atoms with Crippen LogP contribution in [0.2, 0.25) is 0 Å². The van der Waals surface area contributed by atoms with Crippen LogP contribution in [0.1, 0.15) is 0 Å². The SMILES string of the molecule is c1ccc(-c2cc(-c3ccccc3)cc(-c3ccc(-n4c5ccccc5c5c(-c6ccc7c(c6)c6ccccc6n7-c6ccccc6)cccc54)cc3)c2)cc1.c1ccc(-c2ccc(-c3ccc(-n4c5ccccc5c5c(-c6ccc7c(c6)c6ccccc6n7-c6ccccc6)cccc54)cc3)cc2)cc1. The van der Waals surface area contributed by atoms with E-state index in [1.165, 1.54) is 176 Å². The highest BCUT2D eigenvalue weighted by Crippen LogP contribution is 2.45. The summed E-state index contributed by atoms with van der Waals surface area (Å²) in [5.41, 5.74) is 31.3. The van der Waals surface area contributed by atoms with E-state index in [0.717, 1.165) is 11.4 Å². The molecule has 4 heteroatoms. The van der Waals surface area contributed by atoms with Crippen LogP contribution in [-0.4, -0.2) is 18.3 Å². The average Bonchev–Trinajstić information content (AvgIpc) is 1.57. The zero-order valence-corrected chi connectivity index (χ0v) is 58.0. The lowest BCUT2D eigenvalue weighted by atomic mass is 9.93. The fraction of sp³-hybridized carbons (Fsp3) is 0. The van der Waals surface area contributed by atoms with Crippen molar-refractivity contribution in [2.45, 2.75) is 0 Å². The van der Waals surface area contributed by atoms with Gasteiger partial charge in [-0.25, -0.2) is 0 Å². The number of benzene rings is 17. The van der Waals surface area contributed by atoms with E-state index in [9.17, 15) is 0 Å². The van der Waals surface area contributed by atoms with Crippen LogP contribution in [-0.2, 0) is 0 Å². The minimum atomic E-state index is 1.14. The van der Waals surface area contributed by atoms with Gasteiger partial charge in [-0.2, -0.15) is 0 Å². The molecule has 21 aromatic rings. The fourth-order valence-electron chi connectivity index (χ4n) is 16.5. The number of nitrogens with zero attached hydrogens (tertiary/aromatic N) is 4. The molecule has 21 rings (SSSR count). The summed E-state index contributed by atoms with van der Waals surface area (Å²) in [7, 11) is 0. The van der Waals surface area contributed by atoms with Crippen molar-refractivity contribution >= 4 is 87.2 Å². The van der Waals surface area contributed by atoms with Gasteiger partial charge in [0.05, 0.1) is 44.1 Å². The molecule has 0 radical (unpaired) electrons.